The number of aromatic nitrogens is 1. The molecule has 1 N–H and O–H groups in total. The molecule has 0 saturated carbocycles. The van der Waals surface area contributed by atoms with Gasteiger partial charge in [0.05, 0.1) is 22.9 Å². The lowest BCUT2D eigenvalue weighted by Gasteiger charge is -2.16. The van der Waals surface area contributed by atoms with E-state index < -0.39 is 0 Å². The summed E-state index contributed by atoms with van der Waals surface area (Å²) in [5, 5.41) is 3.33. The molecule has 0 unspecified atom stereocenters. The van der Waals surface area contributed by atoms with Gasteiger partial charge in [0.2, 0.25) is 5.91 Å². The summed E-state index contributed by atoms with van der Waals surface area (Å²) < 4.78 is 0. The molecule has 0 saturated heterocycles. The van der Waals surface area contributed by atoms with Gasteiger partial charge in [-0.05, 0) is 31.3 Å². The second kappa shape index (κ2) is 7.03. The molecule has 0 aliphatic rings. The molecule has 20 heavy (non-hydrogen) atoms. The molecule has 0 radical (unpaired) electrons. The van der Waals surface area contributed by atoms with E-state index >= 15 is 0 Å². The fraction of sp³-hybridized carbons (Fsp3) is 0.200. The lowest BCUT2D eigenvalue weighted by molar-refractivity contribution is -0.117. The maximum Gasteiger partial charge on any atom is 0.238 e. The molecule has 104 valence electrons. The van der Waals surface area contributed by atoms with Gasteiger partial charge < -0.3 is 5.32 Å². The van der Waals surface area contributed by atoms with Crippen molar-refractivity contribution >= 4 is 23.2 Å². The van der Waals surface area contributed by atoms with Crippen molar-refractivity contribution in [2.24, 2.45) is 0 Å². The number of hydrogen-bond acceptors (Lipinski definition) is 3. The molecule has 1 aromatic heterocycles. The van der Waals surface area contributed by atoms with Crippen LogP contribution in [0.15, 0.2) is 48.7 Å². The third-order valence-corrected chi connectivity index (χ3v) is 3.05. The zero-order valence-corrected chi connectivity index (χ0v) is 12.0. The highest BCUT2D eigenvalue weighted by Crippen LogP contribution is 2.20. The van der Waals surface area contributed by atoms with Crippen LogP contribution in [0.3, 0.4) is 0 Å². The Balaban J connectivity index is 1.87. The Morgan fingerprint density at radius 3 is 2.70 bits per heavy atom. The largest absolute Gasteiger partial charge is 0.324 e. The number of nitrogens with one attached hydrogen (secondary N) is 1. The van der Waals surface area contributed by atoms with E-state index in [1.807, 2.05) is 42.3 Å². The molecule has 0 aliphatic heterocycles. The van der Waals surface area contributed by atoms with Gasteiger partial charge in [-0.1, -0.05) is 29.8 Å². The topological polar surface area (TPSA) is 45.2 Å². The van der Waals surface area contributed by atoms with Crippen LogP contribution in [0.1, 0.15) is 5.69 Å². The number of likely N-dealkylation sites (N-methyl/N-ethyl adjacent to an activating group) is 1. The molecule has 0 atom stereocenters. The molecular weight excluding hydrogens is 274 g/mol. The minimum Gasteiger partial charge on any atom is -0.324 e. The molecule has 0 bridgehead atoms. The zero-order valence-electron chi connectivity index (χ0n) is 11.2. The first kappa shape index (κ1) is 14.5. The van der Waals surface area contributed by atoms with Crippen molar-refractivity contribution in [3.63, 3.8) is 0 Å². The van der Waals surface area contributed by atoms with E-state index in [0.717, 1.165) is 5.69 Å². The van der Waals surface area contributed by atoms with Crippen molar-refractivity contribution in [1.82, 2.24) is 9.88 Å². The van der Waals surface area contributed by atoms with Crippen LogP contribution in [-0.2, 0) is 11.3 Å². The number of carbonyl (C=O) groups excluding carboxylic acids is 1. The van der Waals surface area contributed by atoms with Crippen molar-refractivity contribution in [3.05, 3.63) is 59.4 Å². The van der Waals surface area contributed by atoms with E-state index in [9.17, 15) is 4.79 Å². The van der Waals surface area contributed by atoms with E-state index in [2.05, 4.69) is 10.3 Å². The first-order valence-electron chi connectivity index (χ1n) is 6.28. The Labute approximate surface area is 123 Å². The number of nitrogens with zero attached hydrogens (tertiary/aromatic N) is 2. The third kappa shape index (κ3) is 4.33. The molecule has 2 rings (SSSR count). The number of rotatable bonds is 5. The monoisotopic (exact) mass is 289 g/mol. The number of para-hydroxylation sites is 1. The van der Waals surface area contributed by atoms with Gasteiger partial charge in [-0.25, -0.2) is 0 Å². The fourth-order valence-electron chi connectivity index (χ4n) is 1.82. The molecule has 0 aliphatic carbocycles. The second-order valence-electron chi connectivity index (χ2n) is 4.52. The summed E-state index contributed by atoms with van der Waals surface area (Å²) in [6, 6.07) is 12.9. The fourth-order valence-corrected chi connectivity index (χ4v) is 2.00. The average Bonchev–Trinajstić information content (AvgIpc) is 2.42. The molecule has 1 amide bonds. The Bertz CT molecular complexity index is 574. The molecule has 2 aromatic rings. The molecule has 0 spiro atoms. The summed E-state index contributed by atoms with van der Waals surface area (Å²) in [7, 11) is 1.88. The molecule has 1 heterocycles. The van der Waals surface area contributed by atoms with Crippen molar-refractivity contribution < 1.29 is 4.79 Å². The van der Waals surface area contributed by atoms with E-state index in [1.54, 1.807) is 18.3 Å². The van der Waals surface area contributed by atoms with Gasteiger partial charge in [0.1, 0.15) is 0 Å². The summed E-state index contributed by atoms with van der Waals surface area (Å²) in [5.41, 5.74) is 1.56. The van der Waals surface area contributed by atoms with Gasteiger partial charge in [-0.15, -0.1) is 0 Å². The number of hydrogen-bond donors (Lipinski definition) is 1. The molecule has 4 nitrogen and oxygen atoms in total. The van der Waals surface area contributed by atoms with Gasteiger partial charge >= 0.3 is 0 Å². The predicted molar refractivity (Wildman–Crippen MR) is 80.7 cm³/mol. The van der Waals surface area contributed by atoms with Crippen LogP contribution >= 0.6 is 11.6 Å². The van der Waals surface area contributed by atoms with Gasteiger partial charge in [0, 0.05) is 12.7 Å². The smallest absolute Gasteiger partial charge is 0.238 e. The molecule has 0 fully saturated rings. The lowest BCUT2D eigenvalue weighted by atomic mass is 10.3. The number of carbonyl (C=O) groups is 1. The summed E-state index contributed by atoms with van der Waals surface area (Å²) in [6.45, 7) is 0.901. The van der Waals surface area contributed by atoms with Crippen LogP contribution in [0, 0.1) is 0 Å². The van der Waals surface area contributed by atoms with E-state index in [1.165, 1.54) is 0 Å². The van der Waals surface area contributed by atoms with Crippen LogP contribution in [-0.4, -0.2) is 29.4 Å². The normalized spacial score (nSPS) is 10.6. The second-order valence-corrected chi connectivity index (χ2v) is 4.93. The number of pyridine rings is 1. The van der Waals surface area contributed by atoms with Crippen LogP contribution in [0.2, 0.25) is 5.02 Å². The summed E-state index contributed by atoms with van der Waals surface area (Å²) >= 11 is 6.00. The maximum absolute atomic E-state index is 11.9. The van der Waals surface area contributed by atoms with Crippen LogP contribution < -0.4 is 5.32 Å². The van der Waals surface area contributed by atoms with E-state index in [-0.39, 0.29) is 12.5 Å². The Kier molecular flexibility index (Phi) is 5.09. The SMILES string of the molecule is CN(CC(=O)Nc1ccccc1Cl)Cc1ccccn1. The molecule has 5 heteroatoms. The minimum atomic E-state index is -0.100. The highest BCUT2D eigenvalue weighted by Gasteiger charge is 2.09. The Morgan fingerprint density at radius 2 is 2.00 bits per heavy atom. The van der Waals surface area contributed by atoms with Gasteiger partial charge in [0.15, 0.2) is 0 Å². The summed E-state index contributed by atoms with van der Waals surface area (Å²) in [4.78, 5) is 18.1. The van der Waals surface area contributed by atoms with Gasteiger partial charge in [0.25, 0.3) is 0 Å². The Hall–Kier alpha value is -1.91. The first-order chi connectivity index (χ1) is 9.65. The first-order valence-corrected chi connectivity index (χ1v) is 6.66. The number of halogens is 1. The standard InChI is InChI=1S/C15H16ClN3O/c1-19(10-12-6-4-5-9-17-12)11-15(20)18-14-8-3-2-7-13(14)16/h2-9H,10-11H2,1H3,(H,18,20). The number of benzene rings is 1. The number of amides is 1. The highest BCUT2D eigenvalue weighted by atomic mass is 35.5. The lowest BCUT2D eigenvalue weighted by Crippen LogP contribution is -2.30. The average molecular weight is 290 g/mol. The van der Waals surface area contributed by atoms with Gasteiger partial charge in [-0.3, -0.25) is 14.7 Å². The number of anilines is 1. The summed E-state index contributed by atoms with van der Waals surface area (Å²) in [5.74, 6) is -0.100. The van der Waals surface area contributed by atoms with Crippen LogP contribution in [0.25, 0.3) is 0 Å². The quantitative estimate of drug-likeness (QED) is 0.920. The highest BCUT2D eigenvalue weighted by molar-refractivity contribution is 6.33. The van der Waals surface area contributed by atoms with E-state index in [0.29, 0.717) is 17.3 Å². The Morgan fingerprint density at radius 1 is 1.25 bits per heavy atom. The minimum absolute atomic E-state index is 0.100. The van der Waals surface area contributed by atoms with Crippen molar-refractivity contribution in [1.29, 1.82) is 0 Å². The molecule has 1 aromatic carbocycles. The van der Waals surface area contributed by atoms with Crippen molar-refractivity contribution in [2.45, 2.75) is 6.54 Å². The van der Waals surface area contributed by atoms with E-state index in [4.69, 9.17) is 11.6 Å². The maximum atomic E-state index is 11.9. The summed E-state index contributed by atoms with van der Waals surface area (Å²) in [6.07, 6.45) is 1.74. The van der Waals surface area contributed by atoms with Crippen molar-refractivity contribution in [3.8, 4) is 0 Å². The third-order valence-electron chi connectivity index (χ3n) is 2.72. The molecular formula is C15H16ClN3O. The zero-order chi connectivity index (χ0) is 14.4. The predicted octanol–water partition coefficient (Wildman–Crippen LogP) is 2.81. The van der Waals surface area contributed by atoms with Crippen molar-refractivity contribution in [2.75, 3.05) is 18.9 Å². The van der Waals surface area contributed by atoms with Crippen LogP contribution in [0.5, 0.6) is 0 Å². The van der Waals surface area contributed by atoms with Gasteiger partial charge in [-0.2, -0.15) is 0 Å². The van der Waals surface area contributed by atoms with Crippen LogP contribution in [0.4, 0.5) is 5.69 Å².